The molecule has 2 N–H and O–H groups in total. The van der Waals surface area contributed by atoms with Gasteiger partial charge >= 0.3 is 0 Å². The van der Waals surface area contributed by atoms with E-state index in [1.165, 1.54) is 32.1 Å². The molecule has 1 atom stereocenters. The fraction of sp³-hybridized carbons (Fsp3) is 0.889. The van der Waals surface area contributed by atoms with E-state index >= 15 is 0 Å². The Balaban J connectivity index is 1.86. The average Bonchev–Trinajstić information content (AvgIpc) is 2.57. The summed E-state index contributed by atoms with van der Waals surface area (Å²) in [6.07, 6.45) is 8.87. The van der Waals surface area contributed by atoms with Crippen LogP contribution in [0.2, 0.25) is 0 Å². The van der Waals surface area contributed by atoms with E-state index in [9.17, 15) is 14.7 Å². The van der Waals surface area contributed by atoms with Crippen LogP contribution in [0.3, 0.4) is 0 Å². The first-order valence-corrected chi connectivity index (χ1v) is 9.35. The molecule has 2 rings (SSSR count). The molecule has 2 amide bonds. The standard InChI is InChI=1S/C18H33N3O3/c1-19-16(22)13-20(2)14-18(24)10-6-11-21(17(18)23)12-9-15-7-4-3-5-8-15/h15,24H,3-14H2,1-2H3,(H,19,22)/t18-/m0/s1. The topological polar surface area (TPSA) is 72.9 Å². The number of hydrogen-bond donors (Lipinski definition) is 2. The van der Waals surface area contributed by atoms with Crippen molar-refractivity contribution in [3.05, 3.63) is 0 Å². The molecule has 1 aliphatic heterocycles. The highest BCUT2D eigenvalue weighted by molar-refractivity contribution is 5.86. The smallest absolute Gasteiger partial charge is 0.255 e. The Kier molecular flexibility index (Phi) is 7.04. The van der Waals surface area contributed by atoms with Crippen LogP contribution in [0.25, 0.3) is 0 Å². The van der Waals surface area contributed by atoms with Crippen molar-refractivity contribution in [3.8, 4) is 0 Å². The normalized spacial score (nSPS) is 26.0. The van der Waals surface area contributed by atoms with Gasteiger partial charge in [0, 0.05) is 26.7 Å². The maximum Gasteiger partial charge on any atom is 0.255 e. The van der Waals surface area contributed by atoms with Gasteiger partial charge in [-0.3, -0.25) is 14.5 Å². The highest BCUT2D eigenvalue weighted by Crippen LogP contribution is 2.28. The van der Waals surface area contributed by atoms with Gasteiger partial charge in [0.1, 0.15) is 0 Å². The Morgan fingerprint density at radius 3 is 2.71 bits per heavy atom. The molecule has 138 valence electrons. The lowest BCUT2D eigenvalue weighted by atomic mass is 9.86. The van der Waals surface area contributed by atoms with Gasteiger partial charge < -0.3 is 15.3 Å². The van der Waals surface area contributed by atoms with Gasteiger partial charge in [0.15, 0.2) is 5.60 Å². The molecule has 0 unspecified atom stereocenters. The number of carbonyl (C=O) groups is 2. The van der Waals surface area contributed by atoms with Gasteiger partial charge in [0.2, 0.25) is 5.91 Å². The van der Waals surface area contributed by atoms with E-state index < -0.39 is 5.60 Å². The van der Waals surface area contributed by atoms with Crippen molar-refractivity contribution in [1.29, 1.82) is 0 Å². The lowest BCUT2D eigenvalue weighted by molar-refractivity contribution is -0.159. The largest absolute Gasteiger partial charge is 0.379 e. The second-order valence-electron chi connectivity index (χ2n) is 7.57. The number of hydrogen-bond acceptors (Lipinski definition) is 4. The van der Waals surface area contributed by atoms with Crippen molar-refractivity contribution in [3.63, 3.8) is 0 Å². The summed E-state index contributed by atoms with van der Waals surface area (Å²) in [6.45, 7) is 1.89. The SMILES string of the molecule is CNC(=O)CN(C)C[C@@]1(O)CCCN(CCC2CCCCC2)C1=O. The van der Waals surface area contributed by atoms with Crippen molar-refractivity contribution in [2.75, 3.05) is 40.3 Å². The summed E-state index contributed by atoms with van der Waals surface area (Å²) >= 11 is 0. The maximum atomic E-state index is 12.8. The third-order valence-electron chi connectivity index (χ3n) is 5.46. The van der Waals surface area contributed by atoms with E-state index in [0.29, 0.717) is 6.42 Å². The highest BCUT2D eigenvalue weighted by atomic mass is 16.3. The molecule has 24 heavy (non-hydrogen) atoms. The van der Waals surface area contributed by atoms with Crippen LogP contribution >= 0.6 is 0 Å². The Morgan fingerprint density at radius 1 is 1.33 bits per heavy atom. The summed E-state index contributed by atoms with van der Waals surface area (Å²) in [7, 11) is 3.35. The molecular weight excluding hydrogens is 306 g/mol. The Hall–Kier alpha value is -1.14. The lowest BCUT2D eigenvalue weighted by Crippen LogP contribution is -2.59. The van der Waals surface area contributed by atoms with Gasteiger partial charge in [-0.1, -0.05) is 32.1 Å². The monoisotopic (exact) mass is 339 g/mol. The Morgan fingerprint density at radius 2 is 2.04 bits per heavy atom. The third kappa shape index (κ3) is 5.18. The molecule has 0 radical (unpaired) electrons. The summed E-state index contributed by atoms with van der Waals surface area (Å²) in [5.74, 6) is 0.462. The number of nitrogens with one attached hydrogen (secondary N) is 1. The van der Waals surface area contributed by atoms with Gasteiger partial charge in [-0.15, -0.1) is 0 Å². The molecule has 6 nitrogen and oxygen atoms in total. The summed E-state index contributed by atoms with van der Waals surface area (Å²) in [5, 5.41) is 13.4. The van der Waals surface area contributed by atoms with E-state index in [1.54, 1.807) is 19.0 Å². The van der Waals surface area contributed by atoms with Gasteiger partial charge in [0.25, 0.3) is 5.91 Å². The third-order valence-corrected chi connectivity index (χ3v) is 5.46. The molecule has 2 aliphatic rings. The fourth-order valence-corrected chi connectivity index (χ4v) is 4.07. The summed E-state index contributed by atoms with van der Waals surface area (Å²) < 4.78 is 0. The first-order chi connectivity index (χ1) is 11.4. The molecule has 0 spiro atoms. The van der Waals surface area contributed by atoms with Gasteiger partial charge in [-0.05, 0) is 32.2 Å². The lowest BCUT2D eigenvalue weighted by Gasteiger charge is -2.40. The fourth-order valence-electron chi connectivity index (χ4n) is 4.07. The number of amides is 2. The molecule has 0 bridgehead atoms. The summed E-state index contributed by atoms with van der Waals surface area (Å²) in [4.78, 5) is 27.8. The zero-order chi connectivity index (χ0) is 17.6. The molecule has 0 aromatic heterocycles. The Bertz CT molecular complexity index is 437. The molecule has 1 saturated heterocycles. The Labute approximate surface area is 145 Å². The van der Waals surface area contributed by atoms with Crippen LogP contribution in [0.1, 0.15) is 51.4 Å². The van der Waals surface area contributed by atoms with E-state index in [0.717, 1.165) is 31.8 Å². The average molecular weight is 339 g/mol. The molecular formula is C18H33N3O3. The molecule has 0 aromatic rings. The summed E-state index contributed by atoms with van der Waals surface area (Å²) in [5.41, 5.74) is -1.35. The predicted octanol–water partition coefficient (Wildman–Crippen LogP) is 0.988. The first kappa shape index (κ1) is 19.2. The van der Waals surface area contributed by atoms with Gasteiger partial charge in [-0.25, -0.2) is 0 Å². The quantitative estimate of drug-likeness (QED) is 0.725. The molecule has 2 fully saturated rings. The molecule has 1 saturated carbocycles. The highest BCUT2D eigenvalue weighted by Gasteiger charge is 2.42. The van der Waals surface area contributed by atoms with Crippen LogP contribution in [-0.4, -0.2) is 72.6 Å². The number of likely N-dealkylation sites (N-methyl/N-ethyl adjacent to an activating group) is 2. The van der Waals surface area contributed by atoms with Crippen LogP contribution in [0.5, 0.6) is 0 Å². The second kappa shape index (κ2) is 8.81. The minimum absolute atomic E-state index is 0.112. The van der Waals surface area contributed by atoms with Crippen molar-refractivity contribution in [2.45, 2.75) is 57.0 Å². The number of aliphatic hydroxyl groups is 1. The van der Waals surface area contributed by atoms with E-state index in [2.05, 4.69) is 5.32 Å². The van der Waals surface area contributed by atoms with Crippen molar-refractivity contribution in [1.82, 2.24) is 15.1 Å². The number of carbonyl (C=O) groups excluding carboxylic acids is 2. The van der Waals surface area contributed by atoms with Crippen LogP contribution in [0, 0.1) is 5.92 Å². The first-order valence-electron chi connectivity index (χ1n) is 9.35. The number of piperidine rings is 1. The predicted molar refractivity (Wildman–Crippen MR) is 93.5 cm³/mol. The van der Waals surface area contributed by atoms with Gasteiger partial charge in [0.05, 0.1) is 6.54 Å². The number of nitrogens with zero attached hydrogens (tertiary/aromatic N) is 2. The molecule has 0 aromatic carbocycles. The van der Waals surface area contributed by atoms with Gasteiger partial charge in [-0.2, -0.15) is 0 Å². The molecule has 1 heterocycles. The minimum Gasteiger partial charge on any atom is -0.379 e. The van der Waals surface area contributed by atoms with Crippen LogP contribution in [-0.2, 0) is 9.59 Å². The molecule has 1 aliphatic carbocycles. The van der Waals surface area contributed by atoms with E-state index in [1.807, 2.05) is 4.90 Å². The van der Waals surface area contributed by atoms with Crippen molar-refractivity contribution >= 4 is 11.8 Å². The minimum atomic E-state index is -1.35. The number of likely N-dealkylation sites (tertiary alicyclic amines) is 1. The van der Waals surface area contributed by atoms with E-state index in [4.69, 9.17) is 0 Å². The zero-order valence-electron chi connectivity index (χ0n) is 15.2. The summed E-state index contributed by atoms with van der Waals surface area (Å²) in [6, 6.07) is 0. The van der Waals surface area contributed by atoms with Crippen LogP contribution < -0.4 is 5.32 Å². The van der Waals surface area contributed by atoms with E-state index in [-0.39, 0.29) is 24.9 Å². The van der Waals surface area contributed by atoms with Crippen molar-refractivity contribution in [2.24, 2.45) is 5.92 Å². The second-order valence-corrected chi connectivity index (χ2v) is 7.57. The van der Waals surface area contributed by atoms with Crippen LogP contribution in [0.4, 0.5) is 0 Å². The zero-order valence-corrected chi connectivity index (χ0v) is 15.2. The number of rotatable bonds is 7. The van der Waals surface area contributed by atoms with Crippen molar-refractivity contribution < 1.29 is 14.7 Å². The maximum absolute atomic E-state index is 12.8. The van der Waals surface area contributed by atoms with Crippen LogP contribution in [0.15, 0.2) is 0 Å². The molecule has 6 heteroatoms.